The molecule has 66 valence electrons. The Kier molecular flexibility index (Phi) is 4.79. The molecular formula is C11H11ClTi. The molecule has 1 aliphatic carbocycles. The topological polar surface area (TPSA) is 0 Å². The first-order valence-corrected chi connectivity index (χ1v) is 6.39. The number of hydrogen-bond donors (Lipinski definition) is 0. The van der Waals surface area contributed by atoms with Gasteiger partial charge in [0, 0.05) is 5.92 Å². The Labute approximate surface area is 95.3 Å². The summed E-state index contributed by atoms with van der Waals surface area (Å²) in [5.41, 5.74) is 2.78. The quantitative estimate of drug-likeness (QED) is 0.640. The van der Waals surface area contributed by atoms with E-state index in [-0.39, 0.29) is 0 Å². The van der Waals surface area contributed by atoms with E-state index >= 15 is 0 Å². The summed E-state index contributed by atoms with van der Waals surface area (Å²) in [5, 5.41) is 0. The first kappa shape index (κ1) is 11.0. The number of allylic oxidation sites excluding steroid dienone is 1. The average molecular weight is 227 g/mol. The van der Waals surface area contributed by atoms with Gasteiger partial charge in [-0.05, 0) is 17.5 Å². The SMILES string of the molecule is CC[C]1C=Cc2ccccc21.[Cl][Ti]. The summed E-state index contributed by atoms with van der Waals surface area (Å²) < 4.78 is 0. The van der Waals surface area contributed by atoms with E-state index in [2.05, 4.69) is 52.6 Å². The van der Waals surface area contributed by atoms with Crippen LogP contribution in [0.5, 0.6) is 0 Å². The number of halogens is 1. The predicted octanol–water partition coefficient (Wildman–Crippen LogP) is 3.73. The van der Waals surface area contributed by atoms with Crippen LogP contribution in [0.4, 0.5) is 0 Å². The van der Waals surface area contributed by atoms with Crippen LogP contribution in [-0.2, 0) is 19.4 Å². The van der Waals surface area contributed by atoms with Gasteiger partial charge in [-0.2, -0.15) is 0 Å². The van der Waals surface area contributed by atoms with E-state index in [1.807, 2.05) is 0 Å². The fourth-order valence-corrected chi connectivity index (χ4v) is 1.52. The Hall–Kier alpha value is -0.0357. The molecule has 0 fully saturated rings. The molecule has 0 aliphatic heterocycles. The van der Waals surface area contributed by atoms with E-state index in [1.165, 1.54) is 36.4 Å². The summed E-state index contributed by atoms with van der Waals surface area (Å²) in [5.74, 6) is 1.46. The molecule has 1 aromatic rings. The fourth-order valence-electron chi connectivity index (χ4n) is 1.52. The molecule has 1 aliphatic rings. The standard InChI is InChI=1S/C11H11.ClH.Ti/c1-2-9-7-8-10-5-3-4-6-11(9)10;;/h3-8H,2H2,1H3;1H;/q;;+1/p-1. The number of hydrogen-bond acceptors (Lipinski definition) is 0. The molecule has 0 amide bonds. The van der Waals surface area contributed by atoms with Crippen LogP contribution in [0, 0.1) is 5.92 Å². The average Bonchev–Trinajstić information content (AvgIpc) is 2.64. The molecule has 13 heavy (non-hydrogen) atoms. The van der Waals surface area contributed by atoms with Gasteiger partial charge in [0.05, 0.1) is 0 Å². The Bertz CT molecular complexity index is 294. The molecule has 0 aromatic heterocycles. The Morgan fingerprint density at radius 3 is 2.54 bits per heavy atom. The molecule has 1 aromatic carbocycles. The summed E-state index contributed by atoms with van der Waals surface area (Å²) in [6, 6.07) is 8.53. The summed E-state index contributed by atoms with van der Waals surface area (Å²) in [6.07, 6.45) is 5.53. The van der Waals surface area contributed by atoms with E-state index in [1.54, 1.807) is 0 Å². The molecule has 2 heteroatoms. The van der Waals surface area contributed by atoms with Crippen LogP contribution in [0.2, 0.25) is 0 Å². The zero-order valence-corrected chi connectivity index (χ0v) is 9.87. The third-order valence-electron chi connectivity index (χ3n) is 2.15. The van der Waals surface area contributed by atoms with Crippen LogP contribution in [0.3, 0.4) is 0 Å². The van der Waals surface area contributed by atoms with Gasteiger partial charge in [0.15, 0.2) is 0 Å². The Balaban J connectivity index is 0.000000396. The van der Waals surface area contributed by atoms with Gasteiger partial charge in [-0.15, -0.1) is 0 Å². The summed E-state index contributed by atoms with van der Waals surface area (Å²) in [7, 11) is 4.64. The first-order chi connectivity index (χ1) is 6.42. The second-order valence-corrected chi connectivity index (χ2v) is 2.80. The van der Waals surface area contributed by atoms with E-state index < -0.39 is 0 Å². The van der Waals surface area contributed by atoms with Gasteiger partial charge < -0.3 is 0 Å². The Morgan fingerprint density at radius 1 is 1.15 bits per heavy atom. The van der Waals surface area contributed by atoms with Gasteiger partial charge >= 0.3 is 28.7 Å². The van der Waals surface area contributed by atoms with Crippen molar-refractivity contribution in [2.75, 3.05) is 0 Å². The van der Waals surface area contributed by atoms with E-state index in [0.29, 0.717) is 0 Å². The molecule has 0 nitrogen and oxygen atoms in total. The van der Waals surface area contributed by atoms with Crippen molar-refractivity contribution in [1.29, 1.82) is 0 Å². The molecule has 0 N–H and O–H groups in total. The molecule has 0 spiro atoms. The summed E-state index contributed by atoms with van der Waals surface area (Å²) >= 11 is 1.47. The van der Waals surface area contributed by atoms with Crippen molar-refractivity contribution in [2.24, 2.45) is 0 Å². The number of benzene rings is 1. The maximum atomic E-state index is 4.64. The summed E-state index contributed by atoms with van der Waals surface area (Å²) in [6.45, 7) is 2.20. The minimum atomic E-state index is 1.13. The van der Waals surface area contributed by atoms with Crippen molar-refractivity contribution in [3.05, 3.63) is 47.4 Å². The summed E-state index contributed by atoms with van der Waals surface area (Å²) in [4.78, 5) is 0. The maximum absolute atomic E-state index is 4.64. The van der Waals surface area contributed by atoms with Gasteiger partial charge in [0.1, 0.15) is 0 Å². The van der Waals surface area contributed by atoms with E-state index in [0.717, 1.165) is 6.42 Å². The molecule has 0 bridgehead atoms. The monoisotopic (exact) mass is 226 g/mol. The minimum absolute atomic E-state index is 1.13. The van der Waals surface area contributed by atoms with Gasteiger partial charge in [0.25, 0.3) is 0 Å². The number of rotatable bonds is 1. The molecule has 0 saturated heterocycles. The van der Waals surface area contributed by atoms with Crippen molar-refractivity contribution in [3.63, 3.8) is 0 Å². The van der Waals surface area contributed by atoms with Crippen LogP contribution in [0.25, 0.3) is 6.08 Å². The molecule has 2 rings (SSSR count). The second kappa shape index (κ2) is 5.64. The molecule has 0 heterocycles. The second-order valence-electron chi connectivity index (χ2n) is 2.80. The molecule has 0 atom stereocenters. The van der Waals surface area contributed by atoms with Crippen molar-refractivity contribution in [1.82, 2.24) is 0 Å². The van der Waals surface area contributed by atoms with E-state index in [4.69, 9.17) is 0 Å². The van der Waals surface area contributed by atoms with Crippen molar-refractivity contribution in [3.8, 4) is 0 Å². The van der Waals surface area contributed by atoms with Gasteiger partial charge in [-0.1, -0.05) is 43.3 Å². The van der Waals surface area contributed by atoms with Crippen LogP contribution >= 0.6 is 9.30 Å². The van der Waals surface area contributed by atoms with Gasteiger partial charge in [-0.3, -0.25) is 0 Å². The number of fused-ring (bicyclic) bond motifs is 1. The van der Waals surface area contributed by atoms with Gasteiger partial charge in [0.2, 0.25) is 0 Å². The third-order valence-corrected chi connectivity index (χ3v) is 2.15. The van der Waals surface area contributed by atoms with Crippen LogP contribution in [-0.4, -0.2) is 0 Å². The molecule has 1 radical (unpaired) electrons. The molecule has 0 saturated carbocycles. The fraction of sp³-hybridized carbons (Fsp3) is 0.182. The molecule has 0 unspecified atom stereocenters. The molecular weight excluding hydrogens is 215 g/mol. The van der Waals surface area contributed by atoms with E-state index in [9.17, 15) is 0 Å². The van der Waals surface area contributed by atoms with Crippen molar-refractivity contribution in [2.45, 2.75) is 13.3 Å². The van der Waals surface area contributed by atoms with Gasteiger partial charge in [-0.25, -0.2) is 0 Å². The normalized spacial score (nSPS) is 13.3. The first-order valence-electron chi connectivity index (χ1n) is 4.24. The van der Waals surface area contributed by atoms with Crippen molar-refractivity contribution >= 4 is 15.4 Å². The zero-order chi connectivity index (χ0) is 9.68. The van der Waals surface area contributed by atoms with Crippen LogP contribution in [0.15, 0.2) is 30.3 Å². The Morgan fingerprint density at radius 2 is 1.85 bits per heavy atom. The zero-order valence-electron chi connectivity index (χ0n) is 7.55. The van der Waals surface area contributed by atoms with Crippen LogP contribution in [0.1, 0.15) is 24.5 Å². The van der Waals surface area contributed by atoms with Crippen molar-refractivity contribution < 1.29 is 19.4 Å². The van der Waals surface area contributed by atoms with Crippen LogP contribution < -0.4 is 0 Å². The third kappa shape index (κ3) is 2.46. The predicted molar refractivity (Wildman–Crippen MR) is 54.0 cm³/mol.